The fraction of sp³-hybridized carbons (Fsp3) is 1.00. The molecular weight excluding hydrogens is 142 g/mol. The molecule has 6 heavy (non-hydrogen) atoms. The van der Waals surface area contributed by atoms with Crippen molar-refractivity contribution in [3.8, 4) is 0 Å². The Labute approximate surface area is 46.0 Å². The van der Waals surface area contributed by atoms with E-state index in [9.17, 15) is 0 Å². The van der Waals surface area contributed by atoms with E-state index in [-0.39, 0.29) is 0 Å². The van der Waals surface area contributed by atoms with E-state index in [4.69, 9.17) is 5.73 Å². The monoisotopic (exact) mass is 149 g/mol. The summed E-state index contributed by atoms with van der Waals surface area (Å²) >= 11 is 3.40. The third-order valence-electron chi connectivity index (χ3n) is 1.24. The topological polar surface area (TPSA) is 26.0 Å². The molecular formula is C4H8BrN. The van der Waals surface area contributed by atoms with Crippen LogP contribution in [0.4, 0.5) is 0 Å². The van der Waals surface area contributed by atoms with Crippen LogP contribution in [0.3, 0.4) is 0 Å². The van der Waals surface area contributed by atoms with Gasteiger partial charge in [0.25, 0.3) is 0 Å². The minimum atomic E-state index is 0.449. The van der Waals surface area contributed by atoms with E-state index in [1.54, 1.807) is 0 Å². The predicted molar refractivity (Wildman–Crippen MR) is 29.9 cm³/mol. The van der Waals surface area contributed by atoms with Gasteiger partial charge in [0.1, 0.15) is 0 Å². The number of rotatable bonds is 0. The summed E-state index contributed by atoms with van der Waals surface area (Å²) in [5, 5.41) is 0. The first-order valence-corrected chi connectivity index (χ1v) is 3.12. The maximum atomic E-state index is 5.48. The van der Waals surface area contributed by atoms with Crippen LogP contribution in [-0.4, -0.2) is 10.9 Å². The molecule has 0 aromatic rings. The molecule has 1 aliphatic rings. The Bertz CT molecular complexity index is 47.5. The van der Waals surface area contributed by atoms with Crippen molar-refractivity contribution in [2.45, 2.75) is 23.7 Å². The molecule has 1 rings (SSSR count). The second-order valence-electron chi connectivity index (χ2n) is 1.76. The highest BCUT2D eigenvalue weighted by Gasteiger charge is 2.23. The van der Waals surface area contributed by atoms with Gasteiger partial charge < -0.3 is 5.73 Å². The number of nitrogens with two attached hydrogens (primary N) is 1. The summed E-state index contributed by atoms with van der Waals surface area (Å²) in [6, 6.07) is 0.449. The standard InChI is InChI=1S/C4H8BrN/c5-3-1-2-4(3)6/h3-4H,1-2,6H2. The third-order valence-corrected chi connectivity index (χ3v) is 2.38. The molecule has 0 saturated heterocycles. The zero-order chi connectivity index (χ0) is 4.57. The molecule has 0 aromatic heterocycles. The van der Waals surface area contributed by atoms with Crippen LogP contribution in [0.1, 0.15) is 12.8 Å². The van der Waals surface area contributed by atoms with Crippen LogP contribution in [0, 0.1) is 0 Å². The summed E-state index contributed by atoms with van der Waals surface area (Å²) in [6.45, 7) is 0. The Morgan fingerprint density at radius 2 is 2.00 bits per heavy atom. The lowest BCUT2D eigenvalue weighted by Gasteiger charge is -2.27. The summed E-state index contributed by atoms with van der Waals surface area (Å²) in [5.41, 5.74) is 5.48. The first-order valence-electron chi connectivity index (χ1n) is 2.20. The minimum Gasteiger partial charge on any atom is -0.327 e. The Kier molecular flexibility index (Phi) is 1.15. The molecule has 0 radical (unpaired) electrons. The van der Waals surface area contributed by atoms with E-state index in [1.807, 2.05) is 0 Å². The van der Waals surface area contributed by atoms with Gasteiger partial charge in [0.2, 0.25) is 0 Å². The predicted octanol–water partition coefficient (Wildman–Crippen LogP) is 0.871. The summed E-state index contributed by atoms with van der Waals surface area (Å²) in [5.74, 6) is 0. The lowest BCUT2D eigenvalue weighted by molar-refractivity contribution is 0.441. The second-order valence-corrected chi connectivity index (χ2v) is 2.93. The van der Waals surface area contributed by atoms with Gasteiger partial charge >= 0.3 is 0 Å². The minimum absolute atomic E-state index is 0.449. The molecule has 2 heteroatoms. The summed E-state index contributed by atoms with van der Waals surface area (Å²) < 4.78 is 0. The largest absolute Gasteiger partial charge is 0.327 e. The summed E-state index contributed by atoms with van der Waals surface area (Å²) in [6.07, 6.45) is 2.47. The third kappa shape index (κ3) is 0.590. The number of hydrogen-bond acceptors (Lipinski definition) is 1. The van der Waals surface area contributed by atoms with Crippen LogP contribution in [-0.2, 0) is 0 Å². The van der Waals surface area contributed by atoms with Gasteiger partial charge in [-0.15, -0.1) is 0 Å². The van der Waals surface area contributed by atoms with Crippen molar-refractivity contribution >= 4 is 15.9 Å². The highest BCUT2D eigenvalue weighted by atomic mass is 79.9. The van der Waals surface area contributed by atoms with Crippen molar-refractivity contribution < 1.29 is 0 Å². The van der Waals surface area contributed by atoms with Crippen LogP contribution in [0.25, 0.3) is 0 Å². The van der Waals surface area contributed by atoms with E-state index >= 15 is 0 Å². The van der Waals surface area contributed by atoms with Gasteiger partial charge in [-0.3, -0.25) is 0 Å². The van der Waals surface area contributed by atoms with Crippen molar-refractivity contribution in [3.63, 3.8) is 0 Å². The highest BCUT2D eigenvalue weighted by molar-refractivity contribution is 9.09. The molecule has 0 aliphatic heterocycles. The average molecular weight is 150 g/mol. The maximum Gasteiger partial charge on any atom is 0.0297 e. The normalized spacial score (nSPS) is 45.0. The van der Waals surface area contributed by atoms with Crippen LogP contribution >= 0.6 is 15.9 Å². The Hall–Kier alpha value is 0.440. The van der Waals surface area contributed by atoms with E-state index < -0.39 is 0 Å². The zero-order valence-electron chi connectivity index (χ0n) is 3.52. The van der Waals surface area contributed by atoms with E-state index in [1.165, 1.54) is 12.8 Å². The smallest absolute Gasteiger partial charge is 0.0297 e. The van der Waals surface area contributed by atoms with Crippen molar-refractivity contribution in [1.29, 1.82) is 0 Å². The van der Waals surface area contributed by atoms with Gasteiger partial charge in [0, 0.05) is 10.9 Å². The molecule has 1 nitrogen and oxygen atoms in total. The zero-order valence-corrected chi connectivity index (χ0v) is 5.11. The summed E-state index contributed by atoms with van der Waals surface area (Å²) in [4.78, 5) is 0.623. The highest BCUT2D eigenvalue weighted by Crippen LogP contribution is 2.24. The lowest BCUT2D eigenvalue weighted by atomic mass is 9.94. The van der Waals surface area contributed by atoms with E-state index in [0.717, 1.165) is 0 Å². The molecule has 0 spiro atoms. The lowest BCUT2D eigenvalue weighted by Crippen LogP contribution is -2.39. The molecule has 0 heterocycles. The van der Waals surface area contributed by atoms with Crippen LogP contribution in [0.2, 0.25) is 0 Å². The average Bonchev–Trinajstić information content (AvgIpc) is 1.61. The first-order chi connectivity index (χ1) is 2.80. The molecule has 1 saturated carbocycles. The quantitative estimate of drug-likeness (QED) is 0.509. The molecule has 0 aromatic carbocycles. The molecule has 0 bridgehead atoms. The van der Waals surface area contributed by atoms with Crippen molar-refractivity contribution in [2.75, 3.05) is 0 Å². The molecule has 1 fully saturated rings. The van der Waals surface area contributed by atoms with E-state index in [0.29, 0.717) is 10.9 Å². The molecule has 36 valence electrons. The maximum absolute atomic E-state index is 5.48. The number of hydrogen-bond donors (Lipinski definition) is 1. The fourth-order valence-electron chi connectivity index (χ4n) is 0.485. The molecule has 0 amide bonds. The Morgan fingerprint density at radius 1 is 1.50 bits per heavy atom. The van der Waals surface area contributed by atoms with Gasteiger partial charge in [0.15, 0.2) is 0 Å². The fourth-order valence-corrected chi connectivity index (χ4v) is 1.01. The van der Waals surface area contributed by atoms with Crippen LogP contribution in [0.15, 0.2) is 0 Å². The number of halogens is 1. The molecule has 2 N–H and O–H groups in total. The molecule has 2 unspecified atom stereocenters. The SMILES string of the molecule is NC1CCC1Br. The van der Waals surface area contributed by atoms with Crippen molar-refractivity contribution in [2.24, 2.45) is 5.73 Å². The van der Waals surface area contributed by atoms with Gasteiger partial charge in [-0.1, -0.05) is 15.9 Å². The second kappa shape index (κ2) is 1.51. The van der Waals surface area contributed by atoms with Crippen LogP contribution in [0.5, 0.6) is 0 Å². The summed E-state index contributed by atoms with van der Waals surface area (Å²) in [7, 11) is 0. The molecule has 1 aliphatic carbocycles. The first kappa shape index (κ1) is 4.60. The number of alkyl halides is 1. The van der Waals surface area contributed by atoms with E-state index in [2.05, 4.69) is 15.9 Å². The van der Waals surface area contributed by atoms with Crippen molar-refractivity contribution in [3.05, 3.63) is 0 Å². The van der Waals surface area contributed by atoms with Gasteiger partial charge in [-0.05, 0) is 12.8 Å². The van der Waals surface area contributed by atoms with Gasteiger partial charge in [-0.2, -0.15) is 0 Å². The van der Waals surface area contributed by atoms with Crippen molar-refractivity contribution in [1.82, 2.24) is 0 Å². The van der Waals surface area contributed by atoms with Gasteiger partial charge in [0.05, 0.1) is 0 Å². The Morgan fingerprint density at radius 3 is 2.00 bits per heavy atom. The van der Waals surface area contributed by atoms with Gasteiger partial charge in [-0.25, -0.2) is 0 Å². The molecule has 2 atom stereocenters. The van der Waals surface area contributed by atoms with Crippen LogP contribution < -0.4 is 5.73 Å². The Balaban J connectivity index is 2.20.